The van der Waals surface area contributed by atoms with Gasteiger partial charge in [-0.2, -0.15) is 0 Å². The molecular weight excluding hydrogens is 242 g/mol. The number of nitrogens with zero attached hydrogens (tertiary/aromatic N) is 1. The van der Waals surface area contributed by atoms with Crippen molar-refractivity contribution in [3.05, 3.63) is 30.2 Å². The van der Waals surface area contributed by atoms with E-state index in [-0.39, 0.29) is 11.8 Å². The van der Waals surface area contributed by atoms with Crippen LogP contribution >= 0.6 is 0 Å². The number of carbonyl (C=O) groups is 1. The molecule has 0 saturated carbocycles. The molecule has 5 heteroatoms. The van der Waals surface area contributed by atoms with Gasteiger partial charge >= 0.3 is 0 Å². The summed E-state index contributed by atoms with van der Waals surface area (Å²) >= 11 is 0. The van der Waals surface area contributed by atoms with E-state index in [1.165, 1.54) is 6.39 Å². The van der Waals surface area contributed by atoms with Gasteiger partial charge in [-0.15, -0.1) is 0 Å². The maximum atomic E-state index is 11.7. The Hall–Kier alpha value is -1.88. The molecule has 1 aromatic carbocycles. The highest BCUT2D eigenvalue weighted by atomic mass is 16.3. The van der Waals surface area contributed by atoms with Gasteiger partial charge in [0.1, 0.15) is 5.52 Å². The van der Waals surface area contributed by atoms with Crippen molar-refractivity contribution in [2.24, 2.45) is 11.7 Å². The van der Waals surface area contributed by atoms with Gasteiger partial charge in [-0.1, -0.05) is 13.0 Å². The Morgan fingerprint density at radius 1 is 1.53 bits per heavy atom. The summed E-state index contributed by atoms with van der Waals surface area (Å²) in [7, 11) is 0. The van der Waals surface area contributed by atoms with Crippen molar-refractivity contribution >= 4 is 17.0 Å². The van der Waals surface area contributed by atoms with Crippen LogP contribution in [0.1, 0.15) is 18.9 Å². The molecular formula is C14H19N3O2. The fraction of sp³-hybridized carbons (Fsp3) is 0.429. The zero-order chi connectivity index (χ0) is 13.7. The van der Waals surface area contributed by atoms with E-state index >= 15 is 0 Å². The number of nitrogens with two attached hydrogens (primary N) is 1. The van der Waals surface area contributed by atoms with Crippen LogP contribution in [0.3, 0.4) is 0 Å². The van der Waals surface area contributed by atoms with Crippen LogP contribution in [-0.4, -0.2) is 24.0 Å². The molecule has 0 saturated heterocycles. The molecule has 2 aromatic rings. The van der Waals surface area contributed by atoms with Crippen LogP contribution in [0.5, 0.6) is 0 Å². The first-order valence-corrected chi connectivity index (χ1v) is 6.54. The maximum Gasteiger partial charge on any atom is 0.224 e. The Balaban J connectivity index is 1.86. The lowest BCUT2D eigenvalue weighted by molar-refractivity contribution is -0.124. The quantitative estimate of drug-likeness (QED) is 0.825. The number of amides is 1. The molecule has 1 unspecified atom stereocenters. The number of nitrogens with one attached hydrogen (secondary N) is 1. The molecule has 0 aliphatic carbocycles. The molecule has 102 valence electrons. The van der Waals surface area contributed by atoms with E-state index < -0.39 is 0 Å². The molecule has 3 N–H and O–H groups in total. The number of carbonyl (C=O) groups excluding carboxylic acids is 1. The van der Waals surface area contributed by atoms with Crippen LogP contribution in [0.15, 0.2) is 29.0 Å². The van der Waals surface area contributed by atoms with E-state index in [4.69, 9.17) is 10.2 Å². The number of hydrogen-bond donors (Lipinski definition) is 2. The summed E-state index contributed by atoms with van der Waals surface area (Å²) in [6.07, 6.45) is 2.97. The summed E-state index contributed by atoms with van der Waals surface area (Å²) in [6, 6.07) is 5.87. The van der Waals surface area contributed by atoms with E-state index in [0.717, 1.165) is 29.5 Å². The van der Waals surface area contributed by atoms with Gasteiger partial charge < -0.3 is 15.5 Å². The summed E-state index contributed by atoms with van der Waals surface area (Å²) in [5.74, 6) is -0.0532. The van der Waals surface area contributed by atoms with Crippen molar-refractivity contribution in [2.45, 2.75) is 19.8 Å². The number of hydrogen-bond acceptors (Lipinski definition) is 4. The molecule has 0 aliphatic rings. The predicted molar refractivity (Wildman–Crippen MR) is 73.6 cm³/mol. The van der Waals surface area contributed by atoms with E-state index in [1.54, 1.807) is 0 Å². The van der Waals surface area contributed by atoms with E-state index in [1.807, 2.05) is 25.1 Å². The van der Waals surface area contributed by atoms with Crippen molar-refractivity contribution in [3.8, 4) is 0 Å². The highest BCUT2D eigenvalue weighted by molar-refractivity contribution is 5.78. The van der Waals surface area contributed by atoms with Gasteiger partial charge in [0.05, 0.1) is 0 Å². The van der Waals surface area contributed by atoms with Crippen molar-refractivity contribution < 1.29 is 9.21 Å². The first-order valence-electron chi connectivity index (χ1n) is 6.54. The first kappa shape index (κ1) is 13.5. The summed E-state index contributed by atoms with van der Waals surface area (Å²) in [5, 5.41) is 2.91. The van der Waals surface area contributed by atoms with Crippen LogP contribution in [0.4, 0.5) is 0 Å². The maximum absolute atomic E-state index is 11.7. The molecule has 1 heterocycles. The molecule has 5 nitrogen and oxygen atoms in total. The zero-order valence-corrected chi connectivity index (χ0v) is 11.1. The van der Waals surface area contributed by atoms with Gasteiger partial charge in [0.25, 0.3) is 0 Å². The van der Waals surface area contributed by atoms with Gasteiger partial charge in [0, 0.05) is 19.0 Å². The van der Waals surface area contributed by atoms with E-state index in [2.05, 4.69) is 10.3 Å². The number of aromatic nitrogens is 1. The summed E-state index contributed by atoms with van der Waals surface area (Å²) in [4.78, 5) is 15.8. The fourth-order valence-electron chi connectivity index (χ4n) is 1.99. The molecule has 1 aromatic heterocycles. The number of fused-ring (bicyclic) bond motifs is 1. The van der Waals surface area contributed by atoms with Gasteiger partial charge in [-0.3, -0.25) is 4.79 Å². The highest BCUT2D eigenvalue weighted by Crippen LogP contribution is 2.14. The van der Waals surface area contributed by atoms with Crippen molar-refractivity contribution in [2.75, 3.05) is 13.1 Å². The van der Waals surface area contributed by atoms with Crippen molar-refractivity contribution in [3.63, 3.8) is 0 Å². The third-order valence-electron chi connectivity index (χ3n) is 3.26. The van der Waals surface area contributed by atoms with E-state index in [0.29, 0.717) is 13.1 Å². The lowest BCUT2D eigenvalue weighted by Crippen LogP contribution is -2.35. The Bertz CT molecular complexity index is 546. The van der Waals surface area contributed by atoms with Crippen LogP contribution in [0, 0.1) is 5.92 Å². The monoisotopic (exact) mass is 261 g/mol. The van der Waals surface area contributed by atoms with Crippen LogP contribution in [0.2, 0.25) is 0 Å². The lowest BCUT2D eigenvalue weighted by Gasteiger charge is -2.12. The zero-order valence-electron chi connectivity index (χ0n) is 11.1. The Labute approximate surface area is 112 Å². The van der Waals surface area contributed by atoms with Crippen molar-refractivity contribution in [1.82, 2.24) is 10.3 Å². The Morgan fingerprint density at radius 3 is 3.11 bits per heavy atom. The second-order valence-electron chi connectivity index (χ2n) is 4.54. The van der Waals surface area contributed by atoms with Gasteiger partial charge in [0.2, 0.25) is 5.91 Å². The van der Waals surface area contributed by atoms with Gasteiger partial charge in [-0.25, -0.2) is 4.98 Å². The molecule has 0 bridgehead atoms. The van der Waals surface area contributed by atoms with Crippen LogP contribution in [0.25, 0.3) is 11.1 Å². The van der Waals surface area contributed by atoms with E-state index in [9.17, 15) is 4.79 Å². The minimum atomic E-state index is -0.0863. The van der Waals surface area contributed by atoms with Crippen LogP contribution in [-0.2, 0) is 11.2 Å². The van der Waals surface area contributed by atoms with Gasteiger partial charge in [-0.05, 0) is 30.5 Å². The fourth-order valence-corrected chi connectivity index (χ4v) is 1.99. The standard InChI is InChI=1S/C14H19N3O2/c1-2-11(8-15)14(18)16-6-5-10-3-4-12-13(7-10)19-9-17-12/h3-4,7,9,11H,2,5-6,8,15H2,1H3,(H,16,18). The molecule has 2 rings (SSSR count). The largest absolute Gasteiger partial charge is 0.443 e. The first-order chi connectivity index (χ1) is 9.24. The molecule has 0 fully saturated rings. The SMILES string of the molecule is CCC(CN)C(=O)NCCc1ccc2ncoc2c1. The third kappa shape index (κ3) is 3.32. The minimum absolute atomic E-state index is 0.0331. The molecule has 1 atom stereocenters. The number of rotatable bonds is 6. The Kier molecular flexibility index (Phi) is 4.52. The van der Waals surface area contributed by atoms with Crippen molar-refractivity contribution in [1.29, 1.82) is 0 Å². The highest BCUT2D eigenvalue weighted by Gasteiger charge is 2.13. The second kappa shape index (κ2) is 6.33. The average Bonchev–Trinajstić information content (AvgIpc) is 2.87. The predicted octanol–water partition coefficient (Wildman–Crippen LogP) is 1.47. The average molecular weight is 261 g/mol. The summed E-state index contributed by atoms with van der Waals surface area (Å²) in [5.41, 5.74) is 8.28. The molecule has 0 aliphatic heterocycles. The summed E-state index contributed by atoms with van der Waals surface area (Å²) < 4.78 is 5.24. The molecule has 0 radical (unpaired) electrons. The lowest BCUT2D eigenvalue weighted by atomic mass is 10.1. The molecule has 0 spiro atoms. The molecule has 19 heavy (non-hydrogen) atoms. The third-order valence-corrected chi connectivity index (χ3v) is 3.26. The molecule has 1 amide bonds. The van der Waals surface area contributed by atoms with Crippen LogP contribution < -0.4 is 11.1 Å². The van der Waals surface area contributed by atoms with Gasteiger partial charge in [0.15, 0.2) is 12.0 Å². The normalized spacial score (nSPS) is 12.5. The minimum Gasteiger partial charge on any atom is -0.443 e. The number of oxazole rings is 1. The second-order valence-corrected chi connectivity index (χ2v) is 4.54. The topological polar surface area (TPSA) is 81.2 Å². The number of benzene rings is 1. The smallest absolute Gasteiger partial charge is 0.224 e. The summed E-state index contributed by atoms with van der Waals surface area (Å²) in [6.45, 7) is 2.97. The Morgan fingerprint density at radius 2 is 2.37 bits per heavy atom.